The molecule has 2 bridgehead atoms. The number of nitrogens with two attached hydrogens (primary N) is 1. The van der Waals surface area contributed by atoms with Crippen LogP contribution in [0.1, 0.15) is 36.1 Å². The van der Waals surface area contributed by atoms with E-state index in [2.05, 4.69) is 22.4 Å². The molecule has 1 aromatic carbocycles. The molecule has 40 heavy (non-hydrogen) atoms. The van der Waals surface area contributed by atoms with Crippen molar-refractivity contribution in [3.05, 3.63) is 45.4 Å². The number of aliphatic hydroxyl groups is 1. The van der Waals surface area contributed by atoms with Gasteiger partial charge in [-0.25, -0.2) is 0 Å². The largest absolute Gasteiger partial charge is 0.504 e. The fourth-order valence-corrected chi connectivity index (χ4v) is 7.50. The lowest BCUT2D eigenvalue weighted by atomic mass is 9.66. The van der Waals surface area contributed by atoms with Crippen LogP contribution in [-0.2, 0) is 30.2 Å². The van der Waals surface area contributed by atoms with Crippen molar-refractivity contribution in [1.29, 1.82) is 0 Å². The number of ketones is 1. The number of piperazine rings is 1. The molecular weight excluding hydrogens is 538 g/mol. The summed E-state index contributed by atoms with van der Waals surface area (Å²) < 4.78 is 22.7. The molecule has 6 atom stereocenters. The molecule has 11 nitrogen and oxygen atoms in total. The summed E-state index contributed by atoms with van der Waals surface area (Å²) in [6.45, 7) is 3.86. The van der Waals surface area contributed by atoms with E-state index in [4.69, 9.17) is 24.7 Å². The maximum atomic E-state index is 13.8. The third-order valence-corrected chi connectivity index (χ3v) is 9.62. The monoisotopic (exact) mass is 573 g/mol. The predicted molar refractivity (Wildman–Crippen MR) is 146 cm³/mol. The van der Waals surface area contributed by atoms with Crippen LogP contribution in [0, 0.1) is 6.92 Å². The summed E-state index contributed by atoms with van der Waals surface area (Å²) in [6, 6.07) is -0.289. The number of piperidine rings is 1. The molecule has 0 amide bonds. The number of hydrogen-bond donors (Lipinski definition) is 4. The fourth-order valence-electron chi connectivity index (χ4n) is 7.36. The van der Waals surface area contributed by atoms with Crippen LogP contribution in [-0.4, -0.2) is 101 Å². The Bertz CT molecular complexity index is 1360. The van der Waals surface area contributed by atoms with Crippen molar-refractivity contribution in [3.63, 3.8) is 0 Å². The number of methoxy groups -OCH3 is 1. The predicted octanol–water partition coefficient (Wildman–Crippen LogP) is 0.710. The second kappa shape index (κ2) is 9.66. The number of hydrogen-bond acceptors (Lipinski definition) is 12. The maximum Gasteiger partial charge on any atom is 0.323 e. The van der Waals surface area contributed by atoms with Gasteiger partial charge in [-0.05, 0) is 38.4 Å². The van der Waals surface area contributed by atoms with Gasteiger partial charge >= 0.3 is 5.97 Å². The molecule has 4 heterocycles. The topological polar surface area (TPSA) is 144 Å². The van der Waals surface area contributed by atoms with E-state index in [1.165, 1.54) is 7.11 Å². The van der Waals surface area contributed by atoms with E-state index in [1.807, 2.05) is 20.0 Å². The molecule has 6 unspecified atom stereocenters. The van der Waals surface area contributed by atoms with Crippen LogP contribution < -0.4 is 10.5 Å². The second-order valence-corrected chi connectivity index (χ2v) is 11.7. The molecule has 3 fully saturated rings. The van der Waals surface area contributed by atoms with Crippen molar-refractivity contribution >= 4 is 24.4 Å². The van der Waals surface area contributed by atoms with Gasteiger partial charge in [0, 0.05) is 47.5 Å². The van der Waals surface area contributed by atoms with Gasteiger partial charge in [0.15, 0.2) is 34.4 Å². The van der Waals surface area contributed by atoms with Crippen LogP contribution in [0.25, 0.3) is 0 Å². The first-order valence-corrected chi connectivity index (χ1v) is 14.0. The average molecular weight is 574 g/mol. The van der Waals surface area contributed by atoms with Crippen LogP contribution in [0.4, 0.5) is 0 Å². The highest BCUT2D eigenvalue weighted by atomic mass is 32.1. The van der Waals surface area contributed by atoms with Crippen molar-refractivity contribution in [3.8, 4) is 11.5 Å². The normalized spacial score (nSPS) is 31.9. The first kappa shape index (κ1) is 27.4. The summed E-state index contributed by atoms with van der Waals surface area (Å²) in [7, 11) is 3.52. The number of aryl methyl sites for hydroxylation is 1. The number of phenolic OH excluding ortho intramolecular Hbond substituents is 1. The van der Waals surface area contributed by atoms with Crippen molar-refractivity contribution in [2.45, 2.75) is 62.5 Å². The summed E-state index contributed by atoms with van der Waals surface area (Å²) in [4.78, 5) is 30.8. The highest BCUT2D eigenvalue weighted by Crippen LogP contribution is 2.55. The maximum absolute atomic E-state index is 13.8. The quantitative estimate of drug-likeness (QED) is 0.292. The number of thiol groups is 1. The van der Waals surface area contributed by atoms with Gasteiger partial charge in [0.2, 0.25) is 6.79 Å². The summed E-state index contributed by atoms with van der Waals surface area (Å²) in [5, 5.41) is 23.7. The van der Waals surface area contributed by atoms with Crippen molar-refractivity contribution in [2.75, 3.05) is 39.9 Å². The number of aromatic hydroxyl groups is 1. The van der Waals surface area contributed by atoms with E-state index < -0.39 is 35.5 Å². The van der Waals surface area contributed by atoms with Gasteiger partial charge in [-0.1, -0.05) is 6.07 Å². The number of ether oxygens (including phenoxy) is 4. The lowest BCUT2D eigenvalue weighted by molar-refractivity contribution is -0.155. The number of esters is 1. The zero-order valence-electron chi connectivity index (χ0n) is 23.0. The Morgan fingerprint density at radius 1 is 1.32 bits per heavy atom. The average Bonchev–Trinajstić information content (AvgIpc) is 3.40. The molecule has 6 rings (SSSR count). The Morgan fingerprint density at radius 2 is 2.05 bits per heavy atom. The number of carbonyl (C=O) groups is 2. The third-order valence-electron chi connectivity index (χ3n) is 9.23. The molecule has 0 aromatic heterocycles. The summed E-state index contributed by atoms with van der Waals surface area (Å²) in [6.07, 6.45) is 0.732. The number of fused-ring (bicyclic) bond motifs is 8. The molecule has 4 aliphatic heterocycles. The molecule has 1 aliphatic carbocycles. The second-order valence-electron chi connectivity index (χ2n) is 11.3. The first-order valence-electron chi connectivity index (χ1n) is 13.4. The van der Waals surface area contributed by atoms with Crippen molar-refractivity contribution in [2.24, 2.45) is 5.73 Å². The Labute approximate surface area is 237 Å². The van der Waals surface area contributed by atoms with Crippen LogP contribution in [0.5, 0.6) is 11.5 Å². The van der Waals surface area contributed by atoms with Crippen molar-refractivity contribution in [1.82, 2.24) is 9.80 Å². The summed E-state index contributed by atoms with van der Waals surface area (Å²) in [5.74, 6) is 0.116. The minimum atomic E-state index is -1.92. The lowest BCUT2D eigenvalue weighted by Crippen LogP contribution is -2.71. The molecule has 3 saturated heterocycles. The highest BCUT2D eigenvalue weighted by molar-refractivity contribution is 7.80. The molecule has 216 valence electrons. The van der Waals surface area contributed by atoms with E-state index in [0.717, 1.165) is 16.7 Å². The zero-order valence-corrected chi connectivity index (χ0v) is 23.9. The van der Waals surface area contributed by atoms with Gasteiger partial charge in [-0.15, -0.1) is 0 Å². The van der Waals surface area contributed by atoms with Gasteiger partial charge in [-0.3, -0.25) is 19.4 Å². The van der Waals surface area contributed by atoms with E-state index in [-0.39, 0.29) is 49.0 Å². The third kappa shape index (κ3) is 3.73. The van der Waals surface area contributed by atoms with Crippen LogP contribution in [0.2, 0.25) is 0 Å². The van der Waals surface area contributed by atoms with E-state index in [0.29, 0.717) is 35.8 Å². The number of rotatable bonds is 5. The van der Waals surface area contributed by atoms with Crippen LogP contribution in [0.15, 0.2) is 28.7 Å². The molecule has 5 aliphatic rings. The highest BCUT2D eigenvalue weighted by Gasteiger charge is 2.62. The first-order chi connectivity index (χ1) is 19.0. The Balaban J connectivity index is 1.51. The van der Waals surface area contributed by atoms with E-state index >= 15 is 0 Å². The van der Waals surface area contributed by atoms with Gasteiger partial charge < -0.3 is 34.9 Å². The number of likely N-dealkylation sites (N-methyl/N-ethyl adjacent to an activating group) is 1. The van der Waals surface area contributed by atoms with Gasteiger partial charge in [0.1, 0.15) is 12.6 Å². The number of carbonyl (C=O) groups excluding carboxylic acids is 2. The Kier molecular flexibility index (Phi) is 6.62. The Hall–Kier alpha value is -2.77. The number of benzene rings is 1. The van der Waals surface area contributed by atoms with Crippen LogP contribution in [0.3, 0.4) is 0 Å². The summed E-state index contributed by atoms with van der Waals surface area (Å²) >= 11 is 4.11. The molecule has 4 N–H and O–H groups in total. The molecule has 1 aromatic rings. The minimum absolute atomic E-state index is 0.0516. The molecule has 12 heteroatoms. The summed E-state index contributed by atoms with van der Waals surface area (Å²) in [5.41, 5.74) is 7.15. The zero-order chi connectivity index (χ0) is 28.7. The smallest absolute Gasteiger partial charge is 0.323 e. The number of phenols is 1. The molecule has 0 saturated carbocycles. The van der Waals surface area contributed by atoms with Gasteiger partial charge in [-0.2, -0.15) is 12.6 Å². The fraction of sp³-hybridized carbons (Fsp3) is 0.571. The molecule has 0 spiro atoms. The minimum Gasteiger partial charge on any atom is -0.504 e. The lowest BCUT2D eigenvalue weighted by Gasteiger charge is -2.60. The van der Waals surface area contributed by atoms with E-state index in [1.54, 1.807) is 6.92 Å². The standard InChI is InChI=1S/C28H35N3O8S/c1-12-5-14-6-15-8-31-17(21(30(15)3)19(14)22(32)23(12)36-4)7-28(35)20(18(31)9-37-27(34)16(29)10-40)25-24(38-11-39-25)13(2)26(28)33/h5,15-18,21,32,35,40H,6-11,29H2,1-4H3. The molecule has 0 radical (unpaired) electrons. The van der Waals surface area contributed by atoms with Gasteiger partial charge in [0.05, 0.1) is 19.2 Å². The Morgan fingerprint density at radius 3 is 2.75 bits per heavy atom. The number of Topliss-reactive ketones (excluding diaryl/α,β-unsaturated/α-hetero) is 1. The van der Waals surface area contributed by atoms with Crippen molar-refractivity contribution < 1.29 is 38.7 Å². The van der Waals surface area contributed by atoms with Gasteiger partial charge in [0.25, 0.3) is 0 Å². The SMILES string of the molecule is COc1c(C)cc2c(c1O)C1C3CC4(O)C(=O)C(C)=C5OCOC5=C4C(COC(=O)C(N)CS)N3CC(C2)N1C. The van der Waals surface area contributed by atoms with E-state index in [9.17, 15) is 19.8 Å². The van der Waals surface area contributed by atoms with Crippen LogP contribution >= 0.6 is 12.6 Å². The molecular formula is C28H35N3O8S. The number of nitrogens with zero attached hydrogens (tertiary/aromatic N) is 2.